The molecule has 3 heteroatoms. The maximum Gasteiger partial charge on any atom is 0.122 e. The monoisotopic (exact) mass is 250 g/mol. The van der Waals surface area contributed by atoms with E-state index in [-0.39, 0.29) is 0 Å². The topological polar surface area (TPSA) is 24.5 Å². The van der Waals surface area contributed by atoms with Crippen LogP contribution in [0.4, 0.5) is 0 Å². The van der Waals surface area contributed by atoms with Gasteiger partial charge in [-0.2, -0.15) is 0 Å². The lowest BCUT2D eigenvalue weighted by Crippen LogP contribution is -2.24. The van der Waals surface area contributed by atoms with Gasteiger partial charge in [0, 0.05) is 6.04 Å². The van der Waals surface area contributed by atoms with E-state index in [1.165, 1.54) is 16.7 Å². The molecule has 1 atom stereocenters. The van der Waals surface area contributed by atoms with Crippen LogP contribution >= 0.6 is 0 Å². The van der Waals surface area contributed by atoms with Crippen LogP contribution in [-0.4, -0.2) is 39.7 Å². The number of methoxy groups -OCH3 is 1. The van der Waals surface area contributed by atoms with Gasteiger partial charge in [-0.15, -0.1) is 0 Å². The molecule has 1 aromatic carbocycles. The molecular formula is C15H26N2O. The number of nitrogens with one attached hydrogen (secondary N) is 1. The van der Waals surface area contributed by atoms with E-state index in [2.05, 4.69) is 50.3 Å². The molecule has 18 heavy (non-hydrogen) atoms. The second kappa shape index (κ2) is 6.76. The fourth-order valence-corrected chi connectivity index (χ4v) is 2.36. The second-order valence-corrected chi connectivity index (χ2v) is 5.05. The van der Waals surface area contributed by atoms with E-state index in [0.29, 0.717) is 6.04 Å². The van der Waals surface area contributed by atoms with E-state index in [1.54, 1.807) is 7.11 Å². The molecule has 0 amide bonds. The van der Waals surface area contributed by atoms with Crippen LogP contribution in [0.2, 0.25) is 0 Å². The predicted molar refractivity (Wildman–Crippen MR) is 77.4 cm³/mol. The minimum atomic E-state index is 0.446. The molecule has 0 bridgehead atoms. The van der Waals surface area contributed by atoms with Crippen molar-refractivity contribution in [1.29, 1.82) is 0 Å². The Kier molecular flexibility index (Phi) is 5.63. The number of rotatable bonds is 6. The number of hydrogen-bond donors (Lipinski definition) is 1. The lowest BCUT2D eigenvalue weighted by Gasteiger charge is -2.27. The normalized spacial score (nSPS) is 12.8. The molecule has 0 saturated heterocycles. The SMILES string of the molecule is CNCCC(c1cc(C)c(OC)cc1C)N(C)C. The van der Waals surface area contributed by atoms with Crippen molar-refractivity contribution >= 4 is 0 Å². The molecule has 1 N–H and O–H groups in total. The Morgan fingerprint density at radius 1 is 1.22 bits per heavy atom. The third-order valence-corrected chi connectivity index (χ3v) is 3.43. The molecule has 0 aliphatic heterocycles. The van der Waals surface area contributed by atoms with E-state index < -0.39 is 0 Å². The summed E-state index contributed by atoms with van der Waals surface area (Å²) in [6, 6.07) is 4.84. The Bertz CT molecular complexity index is 388. The van der Waals surface area contributed by atoms with Gasteiger partial charge in [0.05, 0.1) is 7.11 Å². The van der Waals surface area contributed by atoms with Crippen LogP contribution in [0.25, 0.3) is 0 Å². The first kappa shape index (κ1) is 15.0. The summed E-state index contributed by atoms with van der Waals surface area (Å²) < 4.78 is 5.38. The van der Waals surface area contributed by atoms with Crippen molar-refractivity contribution in [1.82, 2.24) is 10.2 Å². The largest absolute Gasteiger partial charge is 0.496 e. The van der Waals surface area contributed by atoms with Crippen LogP contribution in [0.1, 0.15) is 29.2 Å². The molecule has 0 saturated carbocycles. The standard InChI is InChI=1S/C15H26N2O/c1-11-10-15(18-6)12(2)9-13(11)14(17(4)5)7-8-16-3/h9-10,14,16H,7-8H2,1-6H3. The van der Waals surface area contributed by atoms with Crippen LogP contribution in [0, 0.1) is 13.8 Å². The van der Waals surface area contributed by atoms with Gasteiger partial charge in [-0.3, -0.25) is 0 Å². The first-order chi connectivity index (χ1) is 8.51. The Morgan fingerprint density at radius 2 is 1.89 bits per heavy atom. The highest BCUT2D eigenvalue weighted by Crippen LogP contribution is 2.30. The number of aryl methyl sites for hydroxylation is 2. The third kappa shape index (κ3) is 3.47. The molecule has 1 aromatic rings. The minimum Gasteiger partial charge on any atom is -0.496 e. The fraction of sp³-hybridized carbons (Fsp3) is 0.600. The van der Waals surface area contributed by atoms with Crippen molar-refractivity contribution in [2.24, 2.45) is 0 Å². The van der Waals surface area contributed by atoms with Gasteiger partial charge in [0.25, 0.3) is 0 Å². The number of nitrogens with zero attached hydrogens (tertiary/aromatic N) is 1. The van der Waals surface area contributed by atoms with Gasteiger partial charge in [0.1, 0.15) is 5.75 Å². The average Bonchev–Trinajstić information content (AvgIpc) is 2.32. The Hall–Kier alpha value is -1.06. The number of hydrogen-bond acceptors (Lipinski definition) is 3. The highest BCUT2D eigenvalue weighted by atomic mass is 16.5. The maximum absolute atomic E-state index is 5.38. The molecule has 1 rings (SSSR count). The maximum atomic E-state index is 5.38. The predicted octanol–water partition coefficient (Wildman–Crippen LogP) is 2.52. The van der Waals surface area contributed by atoms with E-state index in [1.807, 2.05) is 7.05 Å². The van der Waals surface area contributed by atoms with Crippen molar-refractivity contribution in [2.45, 2.75) is 26.3 Å². The summed E-state index contributed by atoms with van der Waals surface area (Å²) in [7, 11) is 8.00. The van der Waals surface area contributed by atoms with Crippen molar-refractivity contribution in [3.63, 3.8) is 0 Å². The molecular weight excluding hydrogens is 224 g/mol. The highest BCUT2D eigenvalue weighted by Gasteiger charge is 2.17. The van der Waals surface area contributed by atoms with Gasteiger partial charge in [-0.25, -0.2) is 0 Å². The smallest absolute Gasteiger partial charge is 0.122 e. The van der Waals surface area contributed by atoms with Gasteiger partial charge in [0.2, 0.25) is 0 Å². The van der Waals surface area contributed by atoms with Gasteiger partial charge in [0.15, 0.2) is 0 Å². The second-order valence-electron chi connectivity index (χ2n) is 5.05. The summed E-state index contributed by atoms with van der Waals surface area (Å²) in [6.07, 6.45) is 1.11. The van der Waals surface area contributed by atoms with E-state index in [9.17, 15) is 0 Å². The summed E-state index contributed by atoms with van der Waals surface area (Å²) in [4.78, 5) is 2.28. The summed E-state index contributed by atoms with van der Waals surface area (Å²) >= 11 is 0. The van der Waals surface area contributed by atoms with Crippen molar-refractivity contribution in [3.05, 3.63) is 28.8 Å². The van der Waals surface area contributed by atoms with Crippen LogP contribution in [0.3, 0.4) is 0 Å². The Labute approximate surface area is 111 Å². The first-order valence-electron chi connectivity index (χ1n) is 6.47. The van der Waals surface area contributed by atoms with Crippen LogP contribution in [0.5, 0.6) is 5.75 Å². The van der Waals surface area contributed by atoms with Crippen molar-refractivity contribution in [2.75, 3.05) is 34.8 Å². The Balaban J connectivity index is 3.08. The van der Waals surface area contributed by atoms with E-state index in [4.69, 9.17) is 4.74 Å². The van der Waals surface area contributed by atoms with Crippen molar-refractivity contribution in [3.8, 4) is 5.75 Å². The number of ether oxygens (including phenoxy) is 1. The molecule has 3 nitrogen and oxygen atoms in total. The summed E-state index contributed by atoms with van der Waals surface area (Å²) in [5, 5.41) is 3.23. The third-order valence-electron chi connectivity index (χ3n) is 3.43. The zero-order chi connectivity index (χ0) is 13.7. The summed E-state index contributed by atoms with van der Waals surface area (Å²) in [6.45, 7) is 5.28. The Morgan fingerprint density at radius 3 is 2.39 bits per heavy atom. The van der Waals surface area contributed by atoms with Gasteiger partial charge < -0.3 is 15.0 Å². The molecule has 0 spiro atoms. The summed E-state index contributed by atoms with van der Waals surface area (Å²) in [5.41, 5.74) is 3.90. The average molecular weight is 250 g/mol. The lowest BCUT2D eigenvalue weighted by molar-refractivity contribution is 0.281. The van der Waals surface area contributed by atoms with Crippen LogP contribution in [0.15, 0.2) is 12.1 Å². The highest BCUT2D eigenvalue weighted by molar-refractivity contribution is 5.42. The van der Waals surface area contributed by atoms with Gasteiger partial charge >= 0.3 is 0 Å². The van der Waals surface area contributed by atoms with E-state index >= 15 is 0 Å². The molecule has 0 fully saturated rings. The lowest BCUT2D eigenvalue weighted by atomic mass is 9.95. The molecule has 0 heterocycles. The minimum absolute atomic E-state index is 0.446. The molecule has 0 aliphatic rings. The fourth-order valence-electron chi connectivity index (χ4n) is 2.36. The van der Waals surface area contributed by atoms with Gasteiger partial charge in [-0.1, -0.05) is 6.07 Å². The van der Waals surface area contributed by atoms with Crippen molar-refractivity contribution < 1.29 is 4.74 Å². The molecule has 0 aromatic heterocycles. The first-order valence-corrected chi connectivity index (χ1v) is 6.47. The molecule has 0 radical (unpaired) electrons. The molecule has 1 unspecified atom stereocenters. The summed E-state index contributed by atoms with van der Waals surface area (Å²) in [5.74, 6) is 0.974. The van der Waals surface area contributed by atoms with Crippen LogP contribution < -0.4 is 10.1 Å². The quantitative estimate of drug-likeness (QED) is 0.839. The van der Waals surface area contributed by atoms with E-state index in [0.717, 1.165) is 18.7 Å². The zero-order valence-corrected chi connectivity index (χ0v) is 12.5. The van der Waals surface area contributed by atoms with Crippen LogP contribution in [-0.2, 0) is 0 Å². The zero-order valence-electron chi connectivity index (χ0n) is 12.5. The van der Waals surface area contributed by atoms with Gasteiger partial charge in [-0.05, 0) is 70.7 Å². The number of benzene rings is 1. The molecule has 102 valence electrons. The molecule has 0 aliphatic carbocycles.